The molecule has 0 aliphatic heterocycles. The summed E-state index contributed by atoms with van der Waals surface area (Å²) in [7, 11) is 1.35. The van der Waals surface area contributed by atoms with E-state index in [1.54, 1.807) is 0 Å². The topological polar surface area (TPSA) is 63.6 Å². The van der Waals surface area contributed by atoms with Crippen molar-refractivity contribution < 1.29 is 19.4 Å². The van der Waals surface area contributed by atoms with Crippen molar-refractivity contribution in [2.75, 3.05) is 7.11 Å². The van der Waals surface area contributed by atoms with E-state index in [1.807, 2.05) is 0 Å². The number of esters is 1. The first kappa shape index (κ1) is 12.7. The zero-order chi connectivity index (χ0) is 12.0. The lowest BCUT2D eigenvalue weighted by Gasteiger charge is -1.99. The van der Waals surface area contributed by atoms with Gasteiger partial charge in [0.2, 0.25) is 0 Å². The summed E-state index contributed by atoms with van der Waals surface area (Å²) in [5.74, 6) is 0.134. The maximum Gasteiger partial charge on any atom is 0.305 e. The second kappa shape index (κ2) is 6.30. The number of allylic oxidation sites excluding steroid dienone is 2. The van der Waals surface area contributed by atoms with Crippen molar-refractivity contribution in [2.45, 2.75) is 38.5 Å². The number of ketones is 1. The summed E-state index contributed by atoms with van der Waals surface area (Å²) < 4.78 is 4.49. The third-order valence-corrected chi connectivity index (χ3v) is 2.59. The fourth-order valence-electron chi connectivity index (χ4n) is 1.40. The fraction of sp³-hybridized carbons (Fsp3) is 0.667. The van der Waals surface area contributed by atoms with E-state index in [4.69, 9.17) is 0 Å². The van der Waals surface area contributed by atoms with Crippen LogP contribution in [0.15, 0.2) is 11.8 Å². The van der Waals surface area contributed by atoms with E-state index < -0.39 is 0 Å². The molecule has 0 aromatic rings. The Balaban J connectivity index is 2.10. The van der Waals surface area contributed by atoms with Gasteiger partial charge in [-0.25, -0.2) is 0 Å². The molecule has 0 saturated heterocycles. The molecule has 1 fully saturated rings. The highest BCUT2D eigenvalue weighted by Gasteiger charge is 2.26. The van der Waals surface area contributed by atoms with E-state index >= 15 is 0 Å². The fourth-order valence-corrected chi connectivity index (χ4v) is 1.40. The van der Waals surface area contributed by atoms with Crippen LogP contribution < -0.4 is 0 Å². The van der Waals surface area contributed by atoms with Gasteiger partial charge in [-0.2, -0.15) is 0 Å². The first-order valence-corrected chi connectivity index (χ1v) is 5.63. The number of ether oxygens (including phenoxy) is 1. The van der Waals surface area contributed by atoms with Crippen molar-refractivity contribution in [3.05, 3.63) is 11.8 Å². The highest BCUT2D eigenvalue weighted by atomic mass is 16.5. The average molecular weight is 226 g/mol. The van der Waals surface area contributed by atoms with Gasteiger partial charge in [-0.15, -0.1) is 0 Å². The highest BCUT2D eigenvalue weighted by Crippen LogP contribution is 2.34. The van der Waals surface area contributed by atoms with Crippen molar-refractivity contribution in [3.63, 3.8) is 0 Å². The van der Waals surface area contributed by atoms with Crippen LogP contribution in [0.3, 0.4) is 0 Å². The summed E-state index contributed by atoms with van der Waals surface area (Å²) in [6, 6.07) is 0. The lowest BCUT2D eigenvalue weighted by molar-refractivity contribution is -0.140. The first-order chi connectivity index (χ1) is 7.63. The Labute approximate surface area is 95.3 Å². The molecule has 1 saturated carbocycles. The average Bonchev–Trinajstić information content (AvgIpc) is 3.07. The molecule has 16 heavy (non-hydrogen) atoms. The molecule has 0 heterocycles. The van der Waals surface area contributed by atoms with Crippen LogP contribution in [-0.2, 0) is 14.3 Å². The van der Waals surface area contributed by atoms with Crippen molar-refractivity contribution >= 4 is 11.8 Å². The molecule has 1 N–H and O–H groups in total. The van der Waals surface area contributed by atoms with Crippen LogP contribution in [0.1, 0.15) is 38.5 Å². The van der Waals surface area contributed by atoms with Gasteiger partial charge in [0.1, 0.15) is 0 Å². The molecule has 1 aliphatic rings. The van der Waals surface area contributed by atoms with Gasteiger partial charge < -0.3 is 9.84 Å². The Hall–Kier alpha value is -1.32. The number of carbonyl (C=O) groups is 2. The maximum absolute atomic E-state index is 11.3. The number of aliphatic hydroxyl groups excluding tert-OH is 1. The van der Waals surface area contributed by atoms with Crippen LogP contribution in [0.4, 0.5) is 0 Å². The molecule has 0 atom stereocenters. The van der Waals surface area contributed by atoms with Gasteiger partial charge in [-0.05, 0) is 25.7 Å². The van der Waals surface area contributed by atoms with Gasteiger partial charge in [0, 0.05) is 24.8 Å². The van der Waals surface area contributed by atoms with Crippen LogP contribution in [0.25, 0.3) is 0 Å². The molecule has 0 spiro atoms. The van der Waals surface area contributed by atoms with Crippen LogP contribution in [0.2, 0.25) is 0 Å². The molecule has 4 nitrogen and oxygen atoms in total. The monoisotopic (exact) mass is 226 g/mol. The van der Waals surface area contributed by atoms with E-state index in [2.05, 4.69) is 4.74 Å². The Kier molecular flexibility index (Phi) is 5.02. The maximum atomic E-state index is 11.3. The van der Waals surface area contributed by atoms with Crippen LogP contribution in [0.5, 0.6) is 0 Å². The van der Waals surface area contributed by atoms with E-state index in [1.165, 1.54) is 13.2 Å². The summed E-state index contributed by atoms with van der Waals surface area (Å²) >= 11 is 0. The predicted octanol–water partition coefficient (Wildman–Crippen LogP) is 2.14. The zero-order valence-corrected chi connectivity index (χ0v) is 9.57. The van der Waals surface area contributed by atoms with Crippen LogP contribution in [-0.4, -0.2) is 24.0 Å². The van der Waals surface area contributed by atoms with Crippen molar-refractivity contribution in [2.24, 2.45) is 5.92 Å². The third kappa shape index (κ3) is 4.96. The standard InChI is InChI=1S/C12H18O4/c1-16-12(15)5-3-2-4-10(13)8-11(14)9-6-7-9/h8-9,14H,2-7H2,1H3. The first-order valence-electron chi connectivity index (χ1n) is 5.63. The van der Waals surface area contributed by atoms with Crippen molar-refractivity contribution in [3.8, 4) is 0 Å². The molecule has 0 unspecified atom stereocenters. The molecule has 0 aromatic heterocycles. The number of unbranched alkanes of at least 4 members (excludes halogenated alkanes) is 1. The predicted molar refractivity (Wildman–Crippen MR) is 58.9 cm³/mol. The molecule has 0 bridgehead atoms. The largest absolute Gasteiger partial charge is 0.512 e. The number of hydrogen-bond donors (Lipinski definition) is 1. The second-order valence-electron chi connectivity index (χ2n) is 4.09. The van der Waals surface area contributed by atoms with Gasteiger partial charge in [0.25, 0.3) is 0 Å². The lowest BCUT2D eigenvalue weighted by Crippen LogP contribution is -2.01. The smallest absolute Gasteiger partial charge is 0.305 e. The highest BCUT2D eigenvalue weighted by molar-refractivity contribution is 5.90. The SMILES string of the molecule is COC(=O)CCCCC(=O)C=C(O)C1CC1. The van der Waals surface area contributed by atoms with E-state index in [0.29, 0.717) is 25.7 Å². The molecule has 90 valence electrons. The van der Waals surface area contributed by atoms with Crippen LogP contribution >= 0.6 is 0 Å². The Bertz CT molecular complexity index is 289. The van der Waals surface area contributed by atoms with Gasteiger partial charge in [0.15, 0.2) is 5.78 Å². The summed E-state index contributed by atoms with van der Waals surface area (Å²) in [4.78, 5) is 22.1. The van der Waals surface area contributed by atoms with Gasteiger partial charge in [0.05, 0.1) is 12.9 Å². The molecular formula is C12H18O4. The molecule has 0 radical (unpaired) electrons. The normalized spacial score (nSPS) is 15.9. The Morgan fingerprint density at radius 2 is 1.94 bits per heavy atom. The number of hydrogen-bond acceptors (Lipinski definition) is 4. The van der Waals surface area contributed by atoms with E-state index in [0.717, 1.165) is 12.8 Å². The minimum absolute atomic E-state index is 0.0609. The molecule has 1 aliphatic carbocycles. The third-order valence-electron chi connectivity index (χ3n) is 2.59. The summed E-state index contributed by atoms with van der Waals surface area (Å²) in [5.41, 5.74) is 0. The second-order valence-corrected chi connectivity index (χ2v) is 4.09. The number of carbonyl (C=O) groups excluding carboxylic acids is 2. The minimum Gasteiger partial charge on any atom is -0.512 e. The zero-order valence-electron chi connectivity index (χ0n) is 9.57. The van der Waals surface area contributed by atoms with Crippen LogP contribution in [0, 0.1) is 5.92 Å². The Morgan fingerprint density at radius 1 is 1.31 bits per heavy atom. The van der Waals surface area contributed by atoms with E-state index in [-0.39, 0.29) is 23.4 Å². The van der Waals surface area contributed by atoms with E-state index in [9.17, 15) is 14.7 Å². The van der Waals surface area contributed by atoms with Gasteiger partial charge in [-0.3, -0.25) is 9.59 Å². The molecule has 0 amide bonds. The van der Waals surface area contributed by atoms with Crippen molar-refractivity contribution in [1.29, 1.82) is 0 Å². The molecular weight excluding hydrogens is 208 g/mol. The number of rotatable bonds is 7. The molecule has 1 rings (SSSR count). The number of methoxy groups -OCH3 is 1. The molecule has 0 aromatic carbocycles. The van der Waals surface area contributed by atoms with Gasteiger partial charge in [-0.1, -0.05) is 0 Å². The van der Waals surface area contributed by atoms with Gasteiger partial charge >= 0.3 is 5.97 Å². The summed E-state index contributed by atoms with van der Waals surface area (Å²) in [5, 5.41) is 9.41. The summed E-state index contributed by atoms with van der Waals surface area (Å²) in [6.07, 6.45) is 5.33. The molecule has 4 heteroatoms. The minimum atomic E-state index is -0.246. The summed E-state index contributed by atoms with van der Waals surface area (Å²) in [6.45, 7) is 0. The Morgan fingerprint density at radius 3 is 2.50 bits per heavy atom. The number of aliphatic hydroxyl groups is 1. The quantitative estimate of drug-likeness (QED) is 0.312. The lowest BCUT2D eigenvalue weighted by atomic mass is 10.1. The van der Waals surface area contributed by atoms with Crippen molar-refractivity contribution in [1.82, 2.24) is 0 Å².